The maximum absolute atomic E-state index is 11.4. The molecule has 0 saturated carbocycles. The second-order valence-corrected chi connectivity index (χ2v) is 4.83. The number of ether oxygens (including phenoxy) is 1. The molecule has 5 heteroatoms. The van der Waals surface area contributed by atoms with Gasteiger partial charge < -0.3 is 10.1 Å². The van der Waals surface area contributed by atoms with Gasteiger partial charge in [0, 0.05) is 0 Å². The van der Waals surface area contributed by atoms with Crippen molar-refractivity contribution in [3.05, 3.63) is 0 Å². The van der Waals surface area contributed by atoms with Crippen LogP contribution in [-0.2, 0) is 9.53 Å². The molecule has 0 rings (SSSR count). The molecule has 0 bridgehead atoms. The third-order valence-electron chi connectivity index (χ3n) is 1.69. The molecule has 1 unspecified atom stereocenters. The van der Waals surface area contributed by atoms with E-state index in [-0.39, 0.29) is 11.8 Å². The molecule has 0 fully saturated rings. The first-order valence-corrected chi connectivity index (χ1v) is 4.99. The van der Waals surface area contributed by atoms with E-state index in [9.17, 15) is 9.59 Å². The first-order valence-electron chi connectivity index (χ1n) is 4.99. The van der Waals surface area contributed by atoms with Gasteiger partial charge in [-0.3, -0.25) is 5.73 Å². The van der Waals surface area contributed by atoms with Crippen molar-refractivity contribution < 1.29 is 20.1 Å². The summed E-state index contributed by atoms with van der Waals surface area (Å²) < 4.78 is 5.04. The van der Waals surface area contributed by atoms with Gasteiger partial charge in [-0.05, 0) is 26.7 Å². The lowest BCUT2D eigenvalue weighted by molar-refractivity contribution is -0.309. The van der Waals surface area contributed by atoms with Crippen LogP contribution in [0.1, 0.15) is 34.6 Å². The molecule has 2 amide bonds. The maximum atomic E-state index is 11.4. The molecule has 88 valence electrons. The van der Waals surface area contributed by atoms with Gasteiger partial charge in [0.2, 0.25) is 0 Å². The van der Waals surface area contributed by atoms with E-state index in [1.807, 2.05) is 13.8 Å². The Balaban J connectivity index is 4.31. The minimum atomic E-state index is -0.585. The maximum Gasteiger partial charge on any atom is 0.408 e. The average molecular weight is 217 g/mol. The molecular weight excluding hydrogens is 196 g/mol. The second kappa shape index (κ2) is 5.11. The van der Waals surface area contributed by atoms with E-state index in [0.29, 0.717) is 0 Å². The summed E-state index contributed by atoms with van der Waals surface area (Å²) in [6.07, 6.45) is -0.585. The van der Waals surface area contributed by atoms with Crippen molar-refractivity contribution in [3.63, 3.8) is 0 Å². The van der Waals surface area contributed by atoms with Gasteiger partial charge >= 0.3 is 12.0 Å². The van der Waals surface area contributed by atoms with E-state index < -0.39 is 17.7 Å². The predicted molar refractivity (Wildman–Crippen MR) is 55.9 cm³/mol. The number of amides is 2. The topological polar surface area (TPSA) is 83.0 Å². The Labute approximate surface area is 90.4 Å². The summed E-state index contributed by atoms with van der Waals surface area (Å²) in [6.45, 7) is 8.98. The van der Waals surface area contributed by atoms with Crippen molar-refractivity contribution in [1.29, 1.82) is 0 Å². The summed E-state index contributed by atoms with van der Waals surface area (Å²) >= 11 is 0. The van der Waals surface area contributed by atoms with Gasteiger partial charge in [-0.2, -0.15) is 0 Å². The molecule has 0 heterocycles. The molecule has 0 spiro atoms. The number of nitrogens with one attached hydrogen (secondary N) is 1. The molecule has 5 nitrogen and oxygen atoms in total. The largest absolute Gasteiger partial charge is 0.444 e. The van der Waals surface area contributed by atoms with Gasteiger partial charge in [-0.15, -0.1) is 0 Å². The quantitative estimate of drug-likeness (QED) is 0.713. The Kier molecular flexibility index (Phi) is 4.74. The Morgan fingerprint density at radius 3 is 2.00 bits per heavy atom. The third kappa shape index (κ3) is 6.06. The second-order valence-electron chi connectivity index (χ2n) is 4.83. The zero-order valence-corrected chi connectivity index (χ0v) is 10.1. The Morgan fingerprint density at radius 1 is 1.27 bits per heavy atom. The van der Waals surface area contributed by atoms with Crippen LogP contribution in [-0.4, -0.2) is 23.6 Å². The Bertz CT molecular complexity index is 244. The number of hydrogen-bond donors (Lipinski definition) is 2. The van der Waals surface area contributed by atoms with Crippen LogP contribution in [0.2, 0.25) is 0 Å². The van der Waals surface area contributed by atoms with Crippen molar-refractivity contribution in [3.8, 4) is 0 Å². The molecule has 0 saturated heterocycles. The highest BCUT2D eigenvalue weighted by Gasteiger charge is 2.27. The fourth-order valence-electron chi connectivity index (χ4n) is 1.05. The van der Waals surface area contributed by atoms with E-state index in [1.165, 1.54) is 0 Å². The van der Waals surface area contributed by atoms with Crippen LogP contribution >= 0.6 is 0 Å². The molecule has 15 heavy (non-hydrogen) atoms. The van der Waals surface area contributed by atoms with Crippen molar-refractivity contribution in [1.82, 2.24) is 5.32 Å². The SMILES string of the molecule is CC(C)C(NC(=O)OC(C)(C)C)C([NH3+])=O. The summed E-state index contributed by atoms with van der Waals surface area (Å²) in [5.74, 6) is -0.307. The van der Waals surface area contributed by atoms with Crippen molar-refractivity contribution >= 4 is 12.0 Å². The predicted octanol–water partition coefficient (Wildman–Crippen LogP) is 0.304. The third-order valence-corrected chi connectivity index (χ3v) is 1.69. The molecule has 1 atom stereocenters. The number of alkyl carbamates (subject to hydrolysis) is 1. The highest BCUT2D eigenvalue weighted by atomic mass is 16.6. The zero-order valence-electron chi connectivity index (χ0n) is 10.1. The molecule has 0 aromatic rings. The molecule has 0 aliphatic rings. The van der Waals surface area contributed by atoms with Crippen LogP contribution in [0.4, 0.5) is 4.79 Å². The van der Waals surface area contributed by atoms with E-state index in [2.05, 4.69) is 11.1 Å². The van der Waals surface area contributed by atoms with Crippen molar-refractivity contribution in [2.45, 2.75) is 46.3 Å². The molecular formula is C10H21N2O3+. The van der Waals surface area contributed by atoms with Crippen LogP contribution in [0.3, 0.4) is 0 Å². The summed E-state index contributed by atoms with van der Waals surface area (Å²) in [5, 5.41) is 2.50. The van der Waals surface area contributed by atoms with E-state index in [4.69, 9.17) is 4.74 Å². The van der Waals surface area contributed by atoms with E-state index in [0.717, 1.165) is 0 Å². The highest BCUT2D eigenvalue weighted by Crippen LogP contribution is 2.08. The van der Waals surface area contributed by atoms with Crippen LogP contribution in [0.15, 0.2) is 0 Å². The first-order chi connectivity index (χ1) is 6.63. The minimum Gasteiger partial charge on any atom is -0.444 e. The molecule has 0 aliphatic heterocycles. The van der Waals surface area contributed by atoms with Crippen molar-refractivity contribution in [2.75, 3.05) is 0 Å². The number of rotatable bonds is 3. The molecule has 4 N–H and O–H groups in total. The summed E-state index contributed by atoms with van der Waals surface area (Å²) in [7, 11) is 0. The monoisotopic (exact) mass is 217 g/mol. The van der Waals surface area contributed by atoms with Gasteiger partial charge in [-0.1, -0.05) is 13.8 Å². The molecule has 0 aromatic heterocycles. The summed E-state index contributed by atoms with van der Waals surface area (Å²) in [4.78, 5) is 22.5. The Hall–Kier alpha value is -1.10. The van der Waals surface area contributed by atoms with Crippen molar-refractivity contribution in [2.24, 2.45) is 5.92 Å². The lowest BCUT2D eigenvalue weighted by atomic mass is 10.0. The van der Waals surface area contributed by atoms with Gasteiger partial charge in [-0.25, -0.2) is 9.59 Å². The van der Waals surface area contributed by atoms with E-state index >= 15 is 0 Å². The molecule has 0 aliphatic carbocycles. The number of hydrogen-bond acceptors (Lipinski definition) is 3. The fourth-order valence-corrected chi connectivity index (χ4v) is 1.05. The van der Waals surface area contributed by atoms with E-state index in [1.54, 1.807) is 20.8 Å². The average Bonchev–Trinajstić information content (AvgIpc) is 1.95. The van der Waals surface area contributed by atoms with Crippen LogP contribution in [0.5, 0.6) is 0 Å². The normalized spacial score (nSPS) is 13.5. The summed E-state index contributed by atoms with van der Waals surface area (Å²) in [5.41, 5.74) is 2.74. The number of quaternary nitrogens is 1. The standard InChI is InChI=1S/C10H20N2O3/c1-6(2)7(8(11)13)12-9(14)15-10(3,4)5/h6-7H,1-5H3,(H2,11,13)(H,12,14)/p+1. The van der Waals surface area contributed by atoms with Gasteiger partial charge in [0.25, 0.3) is 0 Å². The zero-order chi connectivity index (χ0) is 12.2. The summed E-state index contributed by atoms with van der Waals surface area (Å²) in [6, 6.07) is -0.583. The molecule has 0 aromatic carbocycles. The number of carbonyl (C=O) groups is 2. The smallest absolute Gasteiger partial charge is 0.408 e. The Morgan fingerprint density at radius 2 is 1.73 bits per heavy atom. The van der Waals surface area contributed by atoms with Crippen LogP contribution in [0.25, 0.3) is 0 Å². The van der Waals surface area contributed by atoms with Crippen LogP contribution < -0.4 is 11.1 Å². The van der Waals surface area contributed by atoms with Gasteiger partial charge in [0.05, 0.1) is 0 Å². The number of carbonyl (C=O) groups excluding carboxylic acids is 2. The van der Waals surface area contributed by atoms with Gasteiger partial charge in [0.15, 0.2) is 0 Å². The first kappa shape index (κ1) is 13.9. The fraction of sp³-hybridized carbons (Fsp3) is 0.800. The minimum absolute atomic E-state index is 0.00233. The highest BCUT2D eigenvalue weighted by molar-refractivity contribution is 5.78. The lowest BCUT2D eigenvalue weighted by Crippen LogP contribution is -2.67. The van der Waals surface area contributed by atoms with Crippen LogP contribution in [0, 0.1) is 5.92 Å². The van der Waals surface area contributed by atoms with Gasteiger partial charge in [0.1, 0.15) is 11.6 Å². The molecule has 0 radical (unpaired) electrons. The lowest BCUT2D eigenvalue weighted by Gasteiger charge is -2.22.